The molecule has 0 atom stereocenters. The number of halogens is 1. The van der Waals surface area contributed by atoms with Crippen LogP contribution in [0.3, 0.4) is 0 Å². The smallest absolute Gasteiger partial charge is 0.319 e. The van der Waals surface area contributed by atoms with Gasteiger partial charge < -0.3 is 9.80 Å². The summed E-state index contributed by atoms with van der Waals surface area (Å²) >= 11 is 7.77. The molecule has 0 radical (unpaired) electrons. The molecule has 0 N–H and O–H groups in total. The van der Waals surface area contributed by atoms with Gasteiger partial charge >= 0.3 is 6.03 Å². The standard InChI is InChI=1S/C20H24ClN5OS/c1-14-12-26-17(13-24-8-10-25(11-9-24)20(27)23(2)3)18(22-19(26)28-14)15-4-6-16(21)7-5-15/h4-7,12H,8-11,13H2,1-3H3. The van der Waals surface area contributed by atoms with Crippen LogP contribution < -0.4 is 0 Å². The second kappa shape index (κ2) is 7.73. The molecule has 3 aromatic rings. The van der Waals surface area contributed by atoms with Gasteiger partial charge in [0.05, 0.1) is 11.4 Å². The van der Waals surface area contributed by atoms with Crippen LogP contribution in [0.1, 0.15) is 10.6 Å². The van der Waals surface area contributed by atoms with Crippen molar-refractivity contribution in [2.45, 2.75) is 13.5 Å². The highest BCUT2D eigenvalue weighted by Crippen LogP contribution is 2.30. The summed E-state index contributed by atoms with van der Waals surface area (Å²) in [4.78, 5) is 25.3. The lowest BCUT2D eigenvalue weighted by atomic mass is 10.1. The number of thiazole rings is 1. The predicted octanol–water partition coefficient (Wildman–Crippen LogP) is 3.82. The first-order valence-electron chi connectivity index (χ1n) is 9.34. The Morgan fingerprint density at radius 1 is 1.18 bits per heavy atom. The molecular weight excluding hydrogens is 394 g/mol. The molecule has 148 valence electrons. The van der Waals surface area contributed by atoms with E-state index in [4.69, 9.17) is 16.6 Å². The van der Waals surface area contributed by atoms with E-state index in [2.05, 4.69) is 22.4 Å². The van der Waals surface area contributed by atoms with Crippen molar-refractivity contribution in [1.29, 1.82) is 0 Å². The number of carbonyl (C=O) groups excluding carboxylic acids is 1. The molecule has 0 aliphatic carbocycles. The van der Waals surface area contributed by atoms with Crippen LogP contribution in [0.25, 0.3) is 16.2 Å². The minimum atomic E-state index is 0.0849. The van der Waals surface area contributed by atoms with Gasteiger partial charge in [0, 0.05) is 68.5 Å². The molecule has 8 heteroatoms. The maximum absolute atomic E-state index is 12.2. The maximum Gasteiger partial charge on any atom is 0.319 e. The van der Waals surface area contributed by atoms with Crippen molar-refractivity contribution in [3.05, 3.63) is 46.1 Å². The van der Waals surface area contributed by atoms with Gasteiger partial charge in [-0.2, -0.15) is 0 Å². The van der Waals surface area contributed by atoms with Crippen molar-refractivity contribution in [2.24, 2.45) is 0 Å². The zero-order valence-electron chi connectivity index (χ0n) is 16.4. The fourth-order valence-electron chi connectivity index (χ4n) is 3.58. The molecule has 0 unspecified atom stereocenters. The van der Waals surface area contributed by atoms with Gasteiger partial charge in [0.15, 0.2) is 4.96 Å². The number of benzene rings is 1. The van der Waals surface area contributed by atoms with Gasteiger partial charge in [-0.05, 0) is 19.1 Å². The van der Waals surface area contributed by atoms with Gasteiger partial charge in [0.1, 0.15) is 0 Å². The number of nitrogens with zero attached hydrogens (tertiary/aromatic N) is 5. The van der Waals surface area contributed by atoms with Gasteiger partial charge in [0.25, 0.3) is 0 Å². The van der Waals surface area contributed by atoms with Crippen LogP contribution in [0.15, 0.2) is 30.5 Å². The molecule has 1 saturated heterocycles. The lowest BCUT2D eigenvalue weighted by molar-refractivity contribution is 0.119. The van der Waals surface area contributed by atoms with E-state index in [0.717, 1.165) is 54.0 Å². The van der Waals surface area contributed by atoms with E-state index in [1.165, 1.54) is 10.6 Å². The van der Waals surface area contributed by atoms with Crippen LogP contribution in [0.2, 0.25) is 5.02 Å². The van der Waals surface area contributed by atoms with Crippen LogP contribution in [-0.4, -0.2) is 70.4 Å². The molecule has 1 aromatic carbocycles. The normalized spacial score (nSPS) is 15.4. The average Bonchev–Trinajstić information content (AvgIpc) is 3.19. The highest BCUT2D eigenvalue weighted by molar-refractivity contribution is 7.17. The molecule has 1 aliphatic heterocycles. The van der Waals surface area contributed by atoms with Gasteiger partial charge in [-0.25, -0.2) is 9.78 Å². The summed E-state index contributed by atoms with van der Waals surface area (Å²) < 4.78 is 2.21. The lowest BCUT2D eigenvalue weighted by Crippen LogP contribution is -2.51. The third kappa shape index (κ3) is 3.74. The maximum atomic E-state index is 12.2. The van der Waals surface area contributed by atoms with Crippen LogP contribution in [0.5, 0.6) is 0 Å². The molecule has 1 aliphatic rings. The van der Waals surface area contributed by atoms with Crippen molar-refractivity contribution in [2.75, 3.05) is 40.3 Å². The van der Waals surface area contributed by atoms with E-state index in [0.29, 0.717) is 0 Å². The lowest BCUT2D eigenvalue weighted by Gasteiger charge is -2.35. The first kappa shape index (κ1) is 19.2. The number of amides is 2. The first-order valence-corrected chi connectivity index (χ1v) is 10.5. The van der Waals surface area contributed by atoms with Crippen LogP contribution >= 0.6 is 22.9 Å². The van der Waals surface area contributed by atoms with Crippen molar-refractivity contribution >= 4 is 33.9 Å². The van der Waals surface area contributed by atoms with Gasteiger partial charge in [-0.3, -0.25) is 9.30 Å². The molecule has 3 heterocycles. The Hall–Kier alpha value is -2.09. The number of imidazole rings is 1. The fourth-order valence-corrected chi connectivity index (χ4v) is 4.55. The van der Waals surface area contributed by atoms with Crippen LogP contribution in [-0.2, 0) is 6.54 Å². The van der Waals surface area contributed by atoms with E-state index in [-0.39, 0.29) is 6.03 Å². The number of hydrogen-bond donors (Lipinski definition) is 0. The zero-order valence-corrected chi connectivity index (χ0v) is 17.9. The van der Waals surface area contributed by atoms with Crippen molar-refractivity contribution < 1.29 is 4.79 Å². The fraction of sp³-hybridized carbons (Fsp3) is 0.400. The SMILES string of the molecule is Cc1cn2c(CN3CCN(C(=O)N(C)C)CC3)c(-c3ccc(Cl)cc3)nc2s1. The van der Waals surface area contributed by atoms with Crippen molar-refractivity contribution in [3.8, 4) is 11.3 Å². The topological polar surface area (TPSA) is 44.1 Å². The number of carbonyl (C=O) groups is 1. The summed E-state index contributed by atoms with van der Waals surface area (Å²) in [6.45, 7) is 6.12. The molecular formula is C20H24ClN5OS. The molecule has 0 spiro atoms. The Morgan fingerprint density at radius 3 is 2.50 bits per heavy atom. The second-order valence-corrected chi connectivity index (χ2v) is 9.00. The number of rotatable bonds is 3. The molecule has 6 nitrogen and oxygen atoms in total. The number of fused-ring (bicyclic) bond motifs is 1. The molecule has 1 fully saturated rings. The zero-order chi connectivity index (χ0) is 19.8. The molecule has 0 saturated carbocycles. The van der Waals surface area contributed by atoms with E-state index in [1.54, 1.807) is 30.3 Å². The van der Waals surface area contributed by atoms with Crippen molar-refractivity contribution in [3.63, 3.8) is 0 Å². The van der Waals surface area contributed by atoms with Crippen LogP contribution in [0, 0.1) is 6.92 Å². The monoisotopic (exact) mass is 417 g/mol. The molecule has 4 rings (SSSR count). The van der Waals surface area contributed by atoms with Gasteiger partial charge in [-0.15, -0.1) is 11.3 Å². The quantitative estimate of drug-likeness (QED) is 0.650. The summed E-state index contributed by atoms with van der Waals surface area (Å²) in [5, 5.41) is 0.726. The number of hydrogen-bond acceptors (Lipinski definition) is 4. The third-order valence-electron chi connectivity index (χ3n) is 5.06. The second-order valence-electron chi connectivity index (χ2n) is 7.35. The highest BCUT2D eigenvalue weighted by Gasteiger charge is 2.24. The van der Waals surface area contributed by atoms with Gasteiger partial charge in [-0.1, -0.05) is 23.7 Å². The van der Waals surface area contributed by atoms with E-state index >= 15 is 0 Å². The summed E-state index contributed by atoms with van der Waals surface area (Å²) in [5.74, 6) is 0. The van der Waals surface area contributed by atoms with Crippen LogP contribution in [0.4, 0.5) is 4.79 Å². The Bertz CT molecular complexity index is 986. The number of aryl methyl sites for hydroxylation is 1. The average molecular weight is 418 g/mol. The Labute approximate surface area is 173 Å². The molecule has 2 aromatic heterocycles. The summed E-state index contributed by atoms with van der Waals surface area (Å²) in [6.07, 6.45) is 2.16. The van der Waals surface area contributed by atoms with E-state index in [9.17, 15) is 4.79 Å². The minimum Gasteiger partial charge on any atom is -0.331 e. The Morgan fingerprint density at radius 2 is 1.86 bits per heavy atom. The number of urea groups is 1. The van der Waals surface area contributed by atoms with E-state index < -0.39 is 0 Å². The number of piperazine rings is 1. The molecule has 0 bridgehead atoms. The first-order chi connectivity index (χ1) is 13.4. The largest absolute Gasteiger partial charge is 0.331 e. The molecule has 2 amide bonds. The number of aromatic nitrogens is 2. The molecule has 28 heavy (non-hydrogen) atoms. The highest BCUT2D eigenvalue weighted by atomic mass is 35.5. The summed E-state index contributed by atoms with van der Waals surface area (Å²) in [7, 11) is 3.60. The van der Waals surface area contributed by atoms with E-state index in [1.807, 2.05) is 29.2 Å². The third-order valence-corrected chi connectivity index (χ3v) is 6.21. The summed E-state index contributed by atoms with van der Waals surface area (Å²) in [6, 6.07) is 7.95. The Kier molecular flexibility index (Phi) is 5.31. The minimum absolute atomic E-state index is 0.0849. The summed E-state index contributed by atoms with van der Waals surface area (Å²) in [5.41, 5.74) is 3.28. The predicted molar refractivity (Wildman–Crippen MR) is 114 cm³/mol. The Balaban J connectivity index is 1.59. The van der Waals surface area contributed by atoms with Crippen molar-refractivity contribution in [1.82, 2.24) is 24.1 Å². The van der Waals surface area contributed by atoms with Gasteiger partial charge in [0.2, 0.25) is 0 Å².